The molecule has 2 aromatic rings. The van der Waals surface area contributed by atoms with Gasteiger partial charge in [0.1, 0.15) is 0 Å². The molecule has 2 atom stereocenters. The summed E-state index contributed by atoms with van der Waals surface area (Å²) in [5.41, 5.74) is 8.49. The van der Waals surface area contributed by atoms with E-state index in [0.29, 0.717) is 6.61 Å². The normalized spacial score (nSPS) is 13.4. The van der Waals surface area contributed by atoms with E-state index in [-0.39, 0.29) is 24.3 Å². The number of rotatable bonds is 6. The first-order valence-corrected chi connectivity index (χ1v) is 7.23. The summed E-state index contributed by atoms with van der Waals surface area (Å²) in [6, 6.07) is 19.5. The molecule has 110 valence electrons. The highest BCUT2D eigenvalue weighted by Gasteiger charge is 2.24. The van der Waals surface area contributed by atoms with Crippen molar-refractivity contribution in [1.29, 1.82) is 0 Å². The van der Waals surface area contributed by atoms with Gasteiger partial charge in [0.05, 0.1) is 13.0 Å². The van der Waals surface area contributed by atoms with Crippen LogP contribution in [0.4, 0.5) is 0 Å². The second kappa shape index (κ2) is 7.60. The number of nitrogens with two attached hydrogens (primary N) is 1. The molecule has 3 heteroatoms. The fourth-order valence-electron chi connectivity index (χ4n) is 2.46. The third-order valence-corrected chi connectivity index (χ3v) is 3.54. The Labute approximate surface area is 125 Å². The van der Waals surface area contributed by atoms with Gasteiger partial charge in [0.15, 0.2) is 0 Å². The lowest BCUT2D eigenvalue weighted by molar-refractivity contribution is -0.143. The summed E-state index contributed by atoms with van der Waals surface area (Å²) in [6.07, 6.45) is 0.286. The molecule has 0 saturated carbocycles. The van der Waals surface area contributed by atoms with Crippen LogP contribution in [0.2, 0.25) is 0 Å². The maximum Gasteiger partial charge on any atom is 0.306 e. The highest BCUT2D eigenvalue weighted by molar-refractivity contribution is 5.70. The van der Waals surface area contributed by atoms with Crippen molar-refractivity contribution in [2.45, 2.75) is 25.3 Å². The first-order chi connectivity index (χ1) is 10.2. The zero-order valence-electron chi connectivity index (χ0n) is 12.2. The van der Waals surface area contributed by atoms with Crippen molar-refractivity contribution in [3.8, 4) is 0 Å². The highest BCUT2D eigenvalue weighted by Crippen LogP contribution is 2.32. The van der Waals surface area contributed by atoms with Crippen LogP contribution >= 0.6 is 0 Å². The number of esters is 1. The quantitative estimate of drug-likeness (QED) is 0.826. The summed E-state index contributed by atoms with van der Waals surface area (Å²) < 4.78 is 5.09. The molecule has 21 heavy (non-hydrogen) atoms. The van der Waals surface area contributed by atoms with Crippen molar-refractivity contribution in [2.24, 2.45) is 5.73 Å². The van der Waals surface area contributed by atoms with Gasteiger partial charge in [0, 0.05) is 12.0 Å². The number of benzene rings is 2. The van der Waals surface area contributed by atoms with Gasteiger partial charge in [-0.05, 0) is 18.1 Å². The Hall–Kier alpha value is -2.13. The number of carbonyl (C=O) groups is 1. The molecule has 0 heterocycles. The van der Waals surface area contributed by atoms with E-state index >= 15 is 0 Å². The molecule has 0 amide bonds. The first-order valence-electron chi connectivity index (χ1n) is 7.23. The van der Waals surface area contributed by atoms with Crippen LogP contribution in [0.3, 0.4) is 0 Å². The summed E-state index contributed by atoms with van der Waals surface area (Å²) >= 11 is 0. The van der Waals surface area contributed by atoms with Crippen LogP contribution < -0.4 is 5.73 Å². The van der Waals surface area contributed by atoms with Crippen LogP contribution in [-0.4, -0.2) is 12.6 Å². The Morgan fingerprint density at radius 3 is 2.05 bits per heavy atom. The van der Waals surface area contributed by atoms with Crippen LogP contribution in [0, 0.1) is 0 Å². The molecule has 0 spiro atoms. The molecule has 0 bridgehead atoms. The molecule has 3 nitrogen and oxygen atoms in total. The molecule has 0 radical (unpaired) electrons. The maximum absolute atomic E-state index is 11.9. The van der Waals surface area contributed by atoms with Gasteiger partial charge < -0.3 is 10.5 Å². The number of carbonyl (C=O) groups excluding carboxylic acids is 1. The predicted molar refractivity (Wildman–Crippen MR) is 83.8 cm³/mol. The minimum atomic E-state index is -0.238. The molecule has 0 aliphatic heterocycles. The molecule has 0 fully saturated rings. The van der Waals surface area contributed by atoms with Gasteiger partial charge in [-0.3, -0.25) is 4.79 Å². The smallest absolute Gasteiger partial charge is 0.306 e. The van der Waals surface area contributed by atoms with Gasteiger partial charge in [-0.15, -0.1) is 0 Å². The Morgan fingerprint density at radius 1 is 1.00 bits per heavy atom. The summed E-state index contributed by atoms with van der Waals surface area (Å²) in [4.78, 5) is 11.9. The molecular weight excluding hydrogens is 262 g/mol. The fraction of sp³-hybridized carbons (Fsp3) is 0.278. The monoisotopic (exact) mass is 283 g/mol. The van der Waals surface area contributed by atoms with Crippen molar-refractivity contribution >= 4 is 5.97 Å². The minimum absolute atomic E-state index is 0.0901. The second-order valence-electron chi connectivity index (χ2n) is 4.96. The fourth-order valence-corrected chi connectivity index (χ4v) is 2.46. The van der Waals surface area contributed by atoms with Gasteiger partial charge in [0.2, 0.25) is 0 Å². The Balaban J connectivity index is 2.25. The Morgan fingerprint density at radius 2 is 1.52 bits per heavy atom. The SMILES string of the molecule is CCOC(=O)CC(c1ccccc1)C(N)c1ccccc1. The van der Waals surface area contributed by atoms with Crippen molar-refractivity contribution in [1.82, 2.24) is 0 Å². The van der Waals surface area contributed by atoms with E-state index in [0.717, 1.165) is 11.1 Å². The van der Waals surface area contributed by atoms with Gasteiger partial charge >= 0.3 is 5.97 Å². The summed E-state index contributed by atoms with van der Waals surface area (Å²) in [5.74, 6) is -0.301. The summed E-state index contributed by atoms with van der Waals surface area (Å²) in [6.45, 7) is 2.20. The van der Waals surface area contributed by atoms with E-state index in [4.69, 9.17) is 10.5 Å². The van der Waals surface area contributed by atoms with Crippen molar-refractivity contribution in [3.63, 3.8) is 0 Å². The van der Waals surface area contributed by atoms with E-state index in [2.05, 4.69) is 0 Å². The molecule has 2 rings (SSSR count). The standard InChI is InChI=1S/C18H21NO2/c1-2-21-17(20)13-16(14-9-5-3-6-10-14)18(19)15-11-7-4-8-12-15/h3-12,16,18H,2,13,19H2,1H3. The molecule has 0 aromatic heterocycles. The minimum Gasteiger partial charge on any atom is -0.466 e. The Kier molecular flexibility index (Phi) is 5.52. The van der Waals surface area contributed by atoms with Gasteiger partial charge in [0.25, 0.3) is 0 Å². The lowest BCUT2D eigenvalue weighted by atomic mass is 9.85. The highest BCUT2D eigenvalue weighted by atomic mass is 16.5. The van der Waals surface area contributed by atoms with Crippen LogP contribution in [-0.2, 0) is 9.53 Å². The van der Waals surface area contributed by atoms with Crippen LogP contribution in [0.25, 0.3) is 0 Å². The van der Waals surface area contributed by atoms with Crippen LogP contribution in [0.5, 0.6) is 0 Å². The molecule has 0 aliphatic rings. The number of hydrogen-bond acceptors (Lipinski definition) is 3. The lowest BCUT2D eigenvalue weighted by Crippen LogP contribution is -2.23. The third-order valence-electron chi connectivity index (χ3n) is 3.54. The molecule has 0 aliphatic carbocycles. The molecule has 2 N–H and O–H groups in total. The second-order valence-corrected chi connectivity index (χ2v) is 4.96. The van der Waals surface area contributed by atoms with Gasteiger partial charge in [-0.1, -0.05) is 60.7 Å². The van der Waals surface area contributed by atoms with Gasteiger partial charge in [-0.25, -0.2) is 0 Å². The first kappa shape index (κ1) is 15.3. The molecular formula is C18H21NO2. The summed E-state index contributed by atoms with van der Waals surface area (Å²) in [7, 11) is 0. The van der Waals surface area contributed by atoms with E-state index in [1.165, 1.54) is 0 Å². The largest absolute Gasteiger partial charge is 0.466 e. The third kappa shape index (κ3) is 4.17. The molecule has 0 saturated heterocycles. The van der Waals surface area contributed by atoms with Crippen LogP contribution in [0.15, 0.2) is 60.7 Å². The van der Waals surface area contributed by atoms with Crippen molar-refractivity contribution in [3.05, 3.63) is 71.8 Å². The topological polar surface area (TPSA) is 52.3 Å². The van der Waals surface area contributed by atoms with Crippen molar-refractivity contribution < 1.29 is 9.53 Å². The maximum atomic E-state index is 11.9. The lowest BCUT2D eigenvalue weighted by Gasteiger charge is -2.24. The van der Waals surface area contributed by atoms with E-state index < -0.39 is 0 Å². The van der Waals surface area contributed by atoms with Gasteiger partial charge in [-0.2, -0.15) is 0 Å². The number of hydrogen-bond donors (Lipinski definition) is 1. The average molecular weight is 283 g/mol. The Bertz CT molecular complexity index is 554. The van der Waals surface area contributed by atoms with Crippen LogP contribution in [0.1, 0.15) is 36.4 Å². The van der Waals surface area contributed by atoms with E-state index in [1.54, 1.807) is 0 Å². The molecule has 2 unspecified atom stereocenters. The van der Waals surface area contributed by atoms with Crippen molar-refractivity contribution in [2.75, 3.05) is 6.61 Å². The van der Waals surface area contributed by atoms with E-state index in [9.17, 15) is 4.79 Å². The number of ether oxygens (including phenoxy) is 1. The average Bonchev–Trinajstić information content (AvgIpc) is 2.54. The predicted octanol–water partition coefficient (Wildman–Crippen LogP) is 3.42. The molecule has 2 aromatic carbocycles. The zero-order chi connectivity index (χ0) is 15.1. The summed E-state index contributed by atoms with van der Waals surface area (Å²) in [5, 5.41) is 0. The van der Waals surface area contributed by atoms with E-state index in [1.807, 2.05) is 67.6 Å². The zero-order valence-corrected chi connectivity index (χ0v) is 12.2.